The number of piperidine rings is 2. The van der Waals surface area contributed by atoms with Crippen molar-refractivity contribution in [2.45, 2.75) is 64.6 Å². The maximum Gasteiger partial charge on any atom is 0.317 e. The number of amides is 3. The van der Waals surface area contributed by atoms with Crippen molar-refractivity contribution in [3.05, 3.63) is 22.4 Å². The van der Waals surface area contributed by atoms with Crippen LogP contribution in [0.3, 0.4) is 0 Å². The first-order valence-corrected chi connectivity index (χ1v) is 10.3. The van der Waals surface area contributed by atoms with Gasteiger partial charge >= 0.3 is 6.03 Å². The van der Waals surface area contributed by atoms with E-state index in [0.717, 1.165) is 37.1 Å². The first-order chi connectivity index (χ1) is 12.1. The summed E-state index contributed by atoms with van der Waals surface area (Å²) in [6, 6.07) is 4.60. The van der Waals surface area contributed by atoms with Crippen LogP contribution in [0.25, 0.3) is 0 Å². The van der Waals surface area contributed by atoms with Crippen molar-refractivity contribution < 1.29 is 9.59 Å². The standard InChI is InChI=1S/C19H29N3O2S/c1-14-6-3-7-15(2)22(14)18(23)16-8-4-10-21(13-16)19(24)20-12-17-9-5-11-25-17/h5,9,11,14-16H,3-4,6-8,10,12-13H2,1-2H3,(H,20,24). The largest absolute Gasteiger partial charge is 0.337 e. The topological polar surface area (TPSA) is 52.7 Å². The monoisotopic (exact) mass is 363 g/mol. The van der Waals surface area contributed by atoms with Gasteiger partial charge in [0.25, 0.3) is 0 Å². The summed E-state index contributed by atoms with van der Waals surface area (Å²) in [4.78, 5) is 30.6. The van der Waals surface area contributed by atoms with Gasteiger partial charge in [0.15, 0.2) is 0 Å². The lowest BCUT2D eigenvalue weighted by Crippen LogP contribution is -2.54. The van der Waals surface area contributed by atoms with E-state index in [-0.39, 0.29) is 17.9 Å². The molecule has 0 saturated carbocycles. The lowest BCUT2D eigenvalue weighted by molar-refractivity contribution is -0.143. The van der Waals surface area contributed by atoms with E-state index < -0.39 is 0 Å². The molecule has 0 spiro atoms. The second-order valence-corrected chi connectivity index (χ2v) is 8.43. The Morgan fingerprint density at radius 3 is 2.64 bits per heavy atom. The molecule has 0 bridgehead atoms. The maximum atomic E-state index is 13.1. The van der Waals surface area contributed by atoms with Gasteiger partial charge in [0.2, 0.25) is 5.91 Å². The summed E-state index contributed by atoms with van der Waals surface area (Å²) < 4.78 is 0. The number of hydrogen-bond acceptors (Lipinski definition) is 3. The third kappa shape index (κ3) is 4.35. The zero-order valence-corrected chi connectivity index (χ0v) is 16.1. The predicted molar refractivity (Wildman–Crippen MR) is 100 cm³/mol. The molecule has 138 valence electrons. The highest BCUT2D eigenvalue weighted by atomic mass is 32.1. The van der Waals surface area contributed by atoms with Crippen LogP contribution >= 0.6 is 11.3 Å². The van der Waals surface area contributed by atoms with E-state index in [2.05, 4.69) is 24.1 Å². The molecule has 1 N–H and O–H groups in total. The second kappa shape index (κ2) is 8.21. The lowest BCUT2D eigenvalue weighted by atomic mass is 9.91. The van der Waals surface area contributed by atoms with Gasteiger partial charge in [-0.2, -0.15) is 0 Å². The van der Waals surface area contributed by atoms with Crippen molar-refractivity contribution in [3.63, 3.8) is 0 Å². The SMILES string of the molecule is CC1CCCC(C)N1C(=O)C1CCCN(C(=O)NCc2cccs2)C1. The number of hydrogen-bond donors (Lipinski definition) is 1. The Hall–Kier alpha value is -1.56. The average molecular weight is 364 g/mol. The van der Waals surface area contributed by atoms with Gasteiger partial charge < -0.3 is 15.1 Å². The molecule has 2 aliphatic rings. The Balaban J connectivity index is 1.56. The molecular weight excluding hydrogens is 334 g/mol. The summed E-state index contributed by atoms with van der Waals surface area (Å²) in [7, 11) is 0. The molecule has 1 aromatic rings. The van der Waals surface area contributed by atoms with Gasteiger partial charge in [0, 0.05) is 30.1 Å². The second-order valence-electron chi connectivity index (χ2n) is 7.40. The molecule has 3 rings (SSSR count). The summed E-state index contributed by atoms with van der Waals surface area (Å²) in [6.45, 7) is 6.16. The third-order valence-corrected chi connectivity index (χ3v) is 6.38. The third-order valence-electron chi connectivity index (χ3n) is 5.50. The van der Waals surface area contributed by atoms with Crippen molar-refractivity contribution in [3.8, 4) is 0 Å². The Kier molecular flexibility index (Phi) is 5.99. The average Bonchev–Trinajstić information content (AvgIpc) is 3.13. The van der Waals surface area contributed by atoms with Crippen LogP contribution in [0.4, 0.5) is 4.79 Å². The van der Waals surface area contributed by atoms with Gasteiger partial charge in [-0.15, -0.1) is 11.3 Å². The molecule has 3 unspecified atom stereocenters. The Labute approximate surface area is 154 Å². The summed E-state index contributed by atoms with van der Waals surface area (Å²) in [5.41, 5.74) is 0. The van der Waals surface area contributed by atoms with Gasteiger partial charge in [-0.25, -0.2) is 4.79 Å². The first kappa shape index (κ1) is 18.2. The molecule has 0 aromatic carbocycles. The minimum absolute atomic E-state index is 0.0503. The number of thiophene rings is 1. The van der Waals surface area contributed by atoms with Crippen LogP contribution in [-0.2, 0) is 11.3 Å². The molecule has 3 heterocycles. The number of nitrogens with one attached hydrogen (secondary N) is 1. The van der Waals surface area contributed by atoms with Crippen molar-refractivity contribution >= 4 is 23.3 Å². The highest BCUT2D eigenvalue weighted by molar-refractivity contribution is 7.09. The Morgan fingerprint density at radius 2 is 1.96 bits per heavy atom. The smallest absolute Gasteiger partial charge is 0.317 e. The molecule has 6 heteroatoms. The van der Waals surface area contributed by atoms with Crippen molar-refractivity contribution in [1.82, 2.24) is 15.1 Å². The molecule has 25 heavy (non-hydrogen) atoms. The molecule has 0 aliphatic carbocycles. The summed E-state index contributed by atoms with van der Waals surface area (Å²) in [5.74, 6) is 0.194. The minimum atomic E-state index is -0.0516. The van der Waals surface area contributed by atoms with Crippen molar-refractivity contribution in [2.24, 2.45) is 5.92 Å². The molecule has 3 atom stereocenters. The van der Waals surface area contributed by atoms with Crippen LogP contribution in [0.5, 0.6) is 0 Å². The molecule has 2 saturated heterocycles. The Bertz CT molecular complexity index is 579. The summed E-state index contributed by atoms with van der Waals surface area (Å²) >= 11 is 1.64. The number of urea groups is 1. The van der Waals surface area contributed by atoms with Crippen molar-refractivity contribution in [1.29, 1.82) is 0 Å². The van der Waals surface area contributed by atoms with Crippen molar-refractivity contribution in [2.75, 3.05) is 13.1 Å². The summed E-state index contributed by atoms with van der Waals surface area (Å²) in [6.07, 6.45) is 5.18. The maximum absolute atomic E-state index is 13.1. The molecule has 2 aliphatic heterocycles. The molecule has 3 amide bonds. The number of carbonyl (C=O) groups is 2. The van der Waals surface area contributed by atoms with E-state index in [4.69, 9.17) is 0 Å². The highest BCUT2D eigenvalue weighted by Crippen LogP contribution is 2.27. The van der Waals surface area contributed by atoms with Crippen LogP contribution in [0, 0.1) is 5.92 Å². The fourth-order valence-electron chi connectivity index (χ4n) is 4.12. The number of carbonyl (C=O) groups excluding carboxylic acids is 2. The van der Waals surface area contributed by atoms with Gasteiger partial charge in [0.1, 0.15) is 0 Å². The fourth-order valence-corrected chi connectivity index (χ4v) is 4.76. The number of nitrogens with zero attached hydrogens (tertiary/aromatic N) is 2. The summed E-state index contributed by atoms with van der Waals surface area (Å²) in [5, 5.41) is 5.00. The lowest BCUT2D eigenvalue weighted by Gasteiger charge is -2.42. The molecule has 1 aromatic heterocycles. The van der Waals surface area contributed by atoms with E-state index in [0.29, 0.717) is 25.2 Å². The van der Waals surface area contributed by atoms with E-state index in [9.17, 15) is 9.59 Å². The molecule has 2 fully saturated rings. The fraction of sp³-hybridized carbons (Fsp3) is 0.684. The van der Waals surface area contributed by atoms with E-state index >= 15 is 0 Å². The van der Waals surface area contributed by atoms with Gasteiger partial charge in [0.05, 0.1) is 12.5 Å². The molecule has 5 nitrogen and oxygen atoms in total. The normalized spacial score (nSPS) is 27.2. The van der Waals surface area contributed by atoms with Gasteiger partial charge in [-0.05, 0) is 57.4 Å². The minimum Gasteiger partial charge on any atom is -0.337 e. The van der Waals surface area contributed by atoms with Crippen LogP contribution in [0.1, 0.15) is 50.8 Å². The first-order valence-electron chi connectivity index (χ1n) is 9.43. The van der Waals surface area contributed by atoms with E-state index in [1.54, 1.807) is 11.3 Å². The molecule has 0 radical (unpaired) electrons. The predicted octanol–water partition coefficient (Wildman–Crippen LogP) is 3.46. The zero-order chi connectivity index (χ0) is 17.8. The zero-order valence-electron chi connectivity index (χ0n) is 15.2. The molecular formula is C19H29N3O2S. The van der Waals surface area contributed by atoms with E-state index in [1.165, 1.54) is 6.42 Å². The van der Waals surface area contributed by atoms with Crippen LogP contribution in [0.2, 0.25) is 0 Å². The Morgan fingerprint density at radius 1 is 1.20 bits per heavy atom. The van der Waals surface area contributed by atoms with Gasteiger partial charge in [-0.1, -0.05) is 6.07 Å². The van der Waals surface area contributed by atoms with E-state index in [1.807, 2.05) is 22.4 Å². The highest BCUT2D eigenvalue weighted by Gasteiger charge is 2.36. The van der Waals surface area contributed by atoms with Gasteiger partial charge in [-0.3, -0.25) is 4.79 Å². The van der Waals surface area contributed by atoms with Crippen LogP contribution < -0.4 is 5.32 Å². The number of likely N-dealkylation sites (tertiary alicyclic amines) is 2. The number of rotatable bonds is 3. The van der Waals surface area contributed by atoms with Crippen LogP contribution in [0.15, 0.2) is 17.5 Å². The van der Waals surface area contributed by atoms with Crippen LogP contribution in [-0.4, -0.2) is 46.9 Å². The quantitative estimate of drug-likeness (QED) is 0.894.